The molecule has 0 spiro atoms. The van der Waals surface area contributed by atoms with Crippen molar-refractivity contribution in [3.05, 3.63) is 70.6 Å². The van der Waals surface area contributed by atoms with Crippen LogP contribution < -0.4 is 0 Å². The number of hydrogen-bond donors (Lipinski definition) is 0. The average molecular weight is 357 g/mol. The summed E-state index contributed by atoms with van der Waals surface area (Å²) in [5.41, 5.74) is 2.80. The third kappa shape index (κ3) is 4.45. The smallest absolute Gasteiger partial charge is 0.311 e. The van der Waals surface area contributed by atoms with Gasteiger partial charge in [0.05, 0.1) is 6.42 Å². The molecule has 25 heavy (non-hydrogen) atoms. The predicted molar refractivity (Wildman–Crippen MR) is 94.1 cm³/mol. The highest BCUT2D eigenvalue weighted by atomic mass is 35.5. The van der Waals surface area contributed by atoms with Gasteiger partial charge in [-0.3, -0.25) is 4.79 Å². The Morgan fingerprint density at radius 2 is 1.80 bits per heavy atom. The van der Waals surface area contributed by atoms with Gasteiger partial charge in [0.1, 0.15) is 0 Å². The molecular formula is C19H17ClN2O3. The van der Waals surface area contributed by atoms with Crippen molar-refractivity contribution >= 4 is 17.6 Å². The molecule has 0 aliphatic heterocycles. The first-order chi connectivity index (χ1) is 12.0. The molecule has 1 aromatic heterocycles. The lowest BCUT2D eigenvalue weighted by atomic mass is 10.1. The van der Waals surface area contributed by atoms with E-state index < -0.39 is 6.10 Å². The van der Waals surface area contributed by atoms with E-state index in [9.17, 15) is 4.79 Å². The van der Waals surface area contributed by atoms with Crippen LogP contribution in [0.5, 0.6) is 0 Å². The first kappa shape index (κ1) is 17.2. The molecule has 0 fully saturated rings. The second-order valence-corrected chi connectivity index (χ2v) is 6.18. The minimum atomic E-state index is -0.619. The molecule has 0 unspecified atom stereocenters. The fraction of sp³-hybridized carbons (Fsp3) is 0.211. The maximum Gasteiger partial charge on any atom is 0.311 e. The lowest BCUT2D eigenvalue weighted by Crippen LogP contribution is -2.11. The number of carbonyl (C=O) groups excluding carboxylic acids is 1. The number of halogens is 1. The summed E-state index contributed by atoms with van der Waals surface area (Å²) in [6.07, 6.45) is -0.466. The van der Waals surface area contributed by atoms with E-state index in [4.69, 9.17) is 20.8 Å². The first-order valence-corrected chi connectivity index (χ1v) is 8.23. The summed E-state index contributed by atoms with van der Waals surface area (Å²) < 4.78 is 11.0. The maximum absolute atomic E-state index is 12.1. The first-order valence-electron chi connectivity index (χ1n) is 7.85. The molecule has 0 saturated carbocycles. The lowest BCUT2D eigenvalue weighted by molar-refractivity contribution is -0.148. The van der Waals surface area contributed by atoms with Crippen LogP contribution in [0.4, 0.5) is 0 Å². The summed E-state index contributed by atoms with van der Waals surface area (Å²) in [5.74, 6) is 0.292. The number of benzene rings is 2. The predicted octanol–water partition coefficient (Wildman–Crippen LogP) is 4.55. The van der Waals surface area contributed by atoms with Crippen LogP contribution in [0.15, 0.2) is 52.9 Å². The Hall–Kier alpha value is -2.66. The Balaban J connectivity index is 1.63. The number of ether oxygens (including phenoxy) is 1. The second kappa shape index (κ2) is 7.49. The molecule has 1 atom stereocenters. The highest BCUT2D eigenvalue weighted by molar-refractivity contribution is 6.30. The van der Waals surface area contributed by atoms with E-state index in [1.54, 1.807) is 31.2 Å². The third-order valence-electron chi connectivity index (χ3n) is 3.66. The van der Waals surface area contributed by atoms with Crippen molar-refractivity contribution in [2.45, 2.75) is 26.4 Å². The summed E-state index contributed by atoms with van der Waals surface area (Å²) in [6.45, 7) is 3.71. The van der Waals surface area contributed by atoms with Gasteiger partial charge >= 0.3 is 5.97 Å². The quantitative estimate of drug-likeness (QED) is 0.627. The van der Waals surface area contributed by atoms with Crippen molar-refractivity contribution in [1.29, 1.82) is 0 Å². The molecule has 1 heterocycles. The topological polar surface area (TPSA) is 65.2 Å². The largest absolute Gasteiger partial charge is 0.452 e. The Bertz CT molecular complexity index is 857. The van der Waals surface area contributed by atoms with E-state index in [0.717, 1.165) is 16.7 Å². The third-order valence-corrected chi connectivity index (χ3v) is 3.91. The maximum atomic E-state index is 12.1. The van der Waals surface area contributed by atoms with Gasteiger partial charge in [-0.05, 0) is 43.7 Å². The number of carbonyl (C=O) groups is 1. The van der Waals surface area contributed by atoms with E-state index in [-0.39, 0.29) is 18.3 Å². The average Bonchev–Trinajstić information content (AvgIpc) is 3.08. The summed E-state index contributed by atoms with van der Waals surface area (Å²) in [6, 6.07) is 14.8. The fourth-order valence-electron chi connectivity index (χ4n) is 2.27. The van der Waals surface area contributed by atoms with Crippen molar-refractivity contribution in [1.82, 2.24) is 10.2 Å². The Morgan fingerprint density at radius 1 is 1.12 bits per heavy atom. The molecule has 3 aromatic rings. The number of aromatic nitrogens is 2. The van der Waals surface area contributed by atoms with Crippen molar-refractivity contribution in [2.24, 2.45) is 0 Å². The highest BCUT2D eigenvalue weighted by Crippen LogP contribution is 2.23. The van der Waals surface area contributed by atoms with Gasteiger partial charge in [0.2, 0.25) is 5.89 Å². The van der Waals surface area contributed by atoms with Crippen molar-refractivity contribution < 1.29 is 13.9 Å². The number of aryl methyl sites for hydroxylation is 1. The van der Waals surface area contributed by atoms with E-state index in [0.29, 0.717) is 10.9 Å². The minimum Gasteiger partial charge on any atom is -0.452 e. The van der Waals surface area contributed by atoms with Gasteiger partial charge in [0, 0.05) is 10.6 Å². The Morgan fingerprint density at radius 3 is 2.48 bits per heavy atom. The summed E-state index contributed by atoms with van der Waals surface area (Å²) in [7, 11) is 0. The van der Waals surface area contributed by atoms with Gasteiger partial charge < -0.3 is 9.15 Å². The molecule has 2 aromatic carbocycles. The van der Waals surface area contributed by atoms with Crippen molar-refractivity contribution in [3.8, 4) is 11.5 Å². The highest BCUT2D eigenvalue weighted by Gasteiger charge is 2.19. The molecule has 0 aliphatic rings. The zero-order valence-electron chi connectivity index (χ0n) is 13.9. The van der Waals surface area contributed by atoms with Gasteiger partial charge in [-0.1, -0.05) is 41.4 Å². The van der Waals surface area contributed by atoms with E-state index in [1.807, 2.05) is 31.2 Å². The van der Waals surface area contributed by atoms with Crippen LogP contribution in [0.25, 0.3) is 11.5 Å². The molecule has 0 radical (unpaired) electrons. The van der Waals surface area contributed by atoms with Gasteiger partial charge in [0.15, 0.2) is 6.10 Å². The van der Waals surface area contributed by atoms with Crippen LogP contribution in [0.3, 0.4) is 0 Å². The minimum absolute atomic E-state index is 0.153. The van der Waals surface area contributed by atoms with Gasteiger partial charge in [-0.25, -0.2) is 0 Å². The van der Waals surface area contributed by atoms with Crippen molar-refractivity contribution in [2.75, 3.05) is 0 Å². The molecule has 0 saturated heterocycles. The lowest BCUT2D eigenvalue weighted by Gasteiger charge is -2.09. The van der Waals surface area contributed by atoms with E-state index >= 15 is 0 Å². The van der Waals surface area contributed by atoms with Crippen LogP contribution in [0.2, 0.25) is 5.02 Å². The summed E-state index contributed by atoms with van der Waals surface area (Å²) in [4.78, 5) is 12.1. The van der Waals surface area contributed by atoms with Gasteiger partial charge in [-0.2, -0.15) is 0 Å². The zero-order valence-corrected chi connectivity index (χ0v) is 14.7. The number of esters is 1. The van der Waals surface area contributed by atoms with Crippen molar-refractivity contribution in [3.63, 3.8) is 0 Å². The van der Waals surface area contributed by atoms with E-state index in [2.05, 4.69) is 10.2 Å². The van der Waals surface area contributed by atoms with E-state index in [1.165, 1.54) is 0 Å². The standard InChI is InChI=1S/C19H17ClN2O3/c1-12-3-7-15(8-4-12)19-22-21-18(25-19)13(2)24-17(23)11-14-5-9-16(20)10-6-14/h3-10,13H,11H2,1-2H3/t13-/m1/s1. The monoisotopic (exact) mass is 356 g/mol. The molecule has 0 aliphatic carbocycles. The SMILES string of the molecule is Cc1ccc(-c2nnc([C@@H](C)OC(=O)Cc3ccc(Cl)cc3)o2)cc1. The number of hydrogen-bond acceptors (Lipinski definition) is 5. The van der Waals surface area contributed by atoms with Crippen LogP contribution in [0.1, 0.15) is 30.0 Å². The Labute approximate surface area is 150 Å². The molecule has 0 amide bonds. The molecule has 5 nitrogen and oxygen atoms in total. The van der Waals surface area contributed by atoms with Crippen LogP contribution >= 0.6 is 11.6 Å². The Kier molecular flexibility index (Phi) is 5.14. The van der Waals surface area contributed by atoms with Gasteiger partial charge in [0.25, 0.3) is 5.89 Å². The van der Waals surface area contributed by atoms with Crippen LogP contribution in [-0.2, 0) is 16.0 Å². The summed E-state index contributed by atoms with van der Waals surface area (Å²) >= 11 is 5.83. The summed E-state index contributed by atoms with van der Waals surface area (Å²) in [5, 5.41) is 8.62. The number of nitrogens with zero attached hydrogens (tertiary/aromatic N) is 2. The molecule has 6 heteroatoms. The van der Waals surface area contributed by atoms with Crippen LogP contribution in [0, 0.1) is 6.92 Å². The van der Waals surface area contributed by atoms with Crippen LogP contribution in [-0.4, -0.2) is 16.2 Å². The molecule has 3 rings (SSSR count). The number of rotatable bonds is 5. The molecule has 0 N–H and O–H groups in total. The second-order valence-electron chi connectivity index (χ2n) is 5.75. The van der Waals surface area contributed by atoms with Gasteiger partial charge in [-0.15, -0.1) is 10.2 Å². The molecule has 128 valence electrons. The molecular weight excluding hydrogens is 340 g/mol. The normalized spacial score (nSPS) is 12.0. The zero-order chi connectivity index (χ0) is 17.8. The fourth-order valence-corrected chi connectivity index (χ4v) is 2.40. The molecule has 0 bridgehead atoms.